The van der Waals surface area contributed by atoms with E-state index in [0.29, 0.717) is 0 Å². The average molecular weight is 180 g/mol. The molecule has 0 heterocycles. The van der Waals surface area contributed by atoms with Gasteiger partial charge >= 0.3 is 0 Å². The van der Waals surface area contributed by atoms with Crippen molar-refractivity contribution in [2.45, 2.75) is 52.9 Å². The maximum absolute atomic E-state index is 2.52. The Labute approximate surface area is 83.1 Å². The van der Waals surface area contributed by atoms with Crippen LogP contribution in [0.1, 0.15) is 52.9 Å². The van der Waals surface area contributed by atoms with E-state index in [2.05, 4.69) is 20.8 Å². The number of hydrogen-bond donors (Lipinski definition) is 0. The van der Waals surface area contributed by atoms with E-state index in [-0.39, 0.29) is 0 Å². The summed E-state index contributed by atoms with van der Waals surface area (Å²) in [5.41, 5.74) is 0. The third-order valence-electron chi connectivity index (χ3n) is 4.89. The van der Waals surface area contributed by atoms with Crippen molar-refractivity contribution in [3.8, 4) is 0 Å². The molecular weight excluding hydrogens is 156 g/mol. The van der Waals surface area contributed by atoms with Gasteiger partial charge in [0.1, 0.15) is 0 Å². The molecule has 2 saturated carbocycles. The van der Waals surface area contributed by atoms with Crippen LogP contribution in [0, 0.1) is 29.6 Å². The van der Waals surface area contributed by atoms with E-state index in [1.807, 2.05) is 0 Å². The quantitative estimate of drug-likeness (QED) is 0.600. The summed E-state index contributed by atoms with van der Waals surface area (Å²) in [7, 11) is 0. The van der Waals surface area contributed by atoms with E-state index in [1.54, 1.807) is 0 Å². The van der Waals surface area contributed by atoms with Crippen molar-refractivity contribution in [2.24, 2.45) is 29.6 Å². The largest absolute Gasteiger partial charge is 0.0622 e. The number of hydrogen-bond acceptors (Lipinski definition) is 0. The van der Waals surface area contributed by atoms with Gasteiger partial charge in [0.25, 0.3) is 0 Å². The van der Waals surface area contributed by atoms with Crippen LogP contribution in [0.4, 0.5) is 0 Å². The second-order valence-electron chi connectivity index (χ2n) is 5.66. The highest BCUT2D eigenvalue weighted by molar-refractivity contribution is 4.88. The van der Waals surface area contributed by atoms with Crippen molar-refractivity contribution in [2.75, 3.05) is 0 Å². The maximum atomic E-state index is 2.52. The minimum Gasteiger partial charge on any atom is -0.0622 e. The van der Waals surface area contributed by atoms with E-state index < -0.39 is 0 Å². The van der Waals surface area contributed by atoms with E-state index in [4.69, 9.17) is 0 Å². The van der Waals surface area contributed by atoms with Crippen molar-refractivity contribution in [3.05, 3.63) is 0 Å². The molecule has 0 aromatic carbocycles. The van der Waals surface area contributed by atoms with Crippen molar-refractivity contribution in [1.82, 2.24) is 0 Å². The fourth-order valence-corrected chi connectivity index (χ4v) is 3.79. The van der Waals surface area contributed by atoms with Gasteiger partial charge in [0.05, 0.1) is 0 Å². The first-order chi connectivity index (χ1) is 6.20. The predicted molar refractivity (Wildman–Crippen MR) is 57.6 cm³/mol. The van der Waals surface area contributed by atoms with Gasteiger partial charge in [-0.15, -0.1) is 0 Å². The molecule has 0 aromatic rings. The molecule has 2 aliphatic rings. The highest BCUT2D eigenvalue weighted by Crippen LogP contribution is 2.47. The molecule has 2 aliphatic carbocycles. The normalized spacial score (nSPS) is 43.2. The van der Waals surface area contributed by atoms with Crippen LogP contribution in [0.2, 0.25) is 0 Å². The summed E-state index contributed by atoms with van der Waals surface area (Å²) >= 11 is 0. The molecule has 2 rings (SSSR count). The van der Waals surface area contributed by atoms with Crippen LogP contribution < -0.4 is 0 Å². The smallest absolute Gasteiger partial charge is 0.0334 e. The van der Waals surface area contributed by atoms with E-state index >= 15 is 0 Å². The zero-order valence-electron chi connectivity index (χ0n) is 9.42. The topological polar surface area (TPSA) is 0 Å². The Hall–Kier alpha value is 0. The van der Waals surface area contributed by atoms with Crippen LogP contribution in [-0.2, 0) is 0 Å². The molecule has 3 unspecified atom stereocenters. The van der Waals surface area contributed by atoms with Gasteiger partial charge in [0.15, 0.2) is 0 Å². The molecule has 13 heavy (non-hydrogen) atoms. The molecule has 0 saturated heterocycles. The van der Waals surface area contributed by atoms with Gasteiger partial charge in [-0.3, -0.25) is 0 Å². The molecule has 0 radical (unpaired) electrons. The van der Waals surface area contributed by atoms with E-state index in [0.717, 1.165) is 29.6 Å². The predicted octanol–water partition coefficient (Wildman–Crippen LogP) is 4.10. The molecule has 0 aliphatic heterocycles. The standard InChI is InChI=1S/C13H24/c1-9-7-8-10(2)13(9)11(3)12-5-4-6-12/h9-13H,4-8H2,1-3H3. The lowest BCUT2D eigenvalue weighted by atomic mass is 9.67. The second kappa shape index (κ2) is 3.63. The molecule has 0 spiro atoms. The summed E-state index contributed by atoms with van der Waals surface area (Å²) in [6.07, 6.45) is 7.53. The third-order valence-corrected chi connectivity index (χ3v) is 4.89. The van der Waals surface area contributed by atoms with Gasteiger partial charge in [-0.1, -0.05) is 52.9 Å². The van der Waals surface area contributed by atoms with Crippen molar-refractivity contribution < 1.29 is 0 Å². The molecular formula is C13H24. The van der Waals surface area contributed by atoms with Gasteiger partial charge in [-0.25, -0.2) is 0 Å². The first-order valence-corrected chi connectivity index (χ1v) is 6.20. The summed E-state index contributed by atoms with van der Waals surface area (Å²) in [5, 5.41) is 0. The van der Waals surface area contributed by atoms with Gasteiger partial charge < -0.3 is 0 Å². The SMILES string of the molecule is CC1CCC(C)C1C(C)C1CCC1. The van der Waals surface area contributed by atoms with Gasteiger partial charge in [0.2, 0.25) is 0 Å². The van der Waals surface area contributed by atoms with Crippen LogP contribution in [0.25, 0.3) is 0 Å². The lowest BCUT2D eigenvalue weighted by molar-refractivity contribution is 0.115. The summed E-state index contributed by atoms with van der Waals surface area (Å²) in [4.78, 5) is 0. The Kier molecular flexibility index (Phi) is 2.67. The van der Waals surface area contributed by atoms with Crippen LogP contribution in [0.5, 0.6) is 0 Å². The van der Waals surface area contributed by atoms with Gasteiger partial charge in [-0.2, -0.15) is 0 Å². The van der Waals surface area contributed by atoms with Crippen molar-refractivity contribution >= 4 is 0 Å². The highest BCUT2D eigenvalue weighted by Gasteiger charge is 2.38. The summed E-state index contributed by atoms with van der Waals surface area (Å²) in [6.45, 7) is 7.47. The summed E-state index contributed by atoms with van der Waals surface area (Å²) in [5.74, 6) is 5.16. The molecule has 76 valence electrons. The Morgan fingerprint density at radius 2 is 1.46 bits per heavy atom. The maximum Gasteiger partial charge on any atom is -0.0334 e. The Morgan fingerprint density at radius 3 is 1.85 bits per heavy atom. The first-order valence-electron chi connectivity index (χ1n) is 6.20. The molecule has 2 fully saturated rings. The lowest BCUT2D eigenvalue weighted by Gasteiger charge is -2.38. The molecule has 3 atom stereocenters. The van der Waals surface area contributed by atoms with E-state index in [1.165, 1.54) is 32.1 Å². The lowest BCUT2D eigenvalue weighted by Crippen LogP contribution is -2.30. The molecule has 0 amide bonds. The van der Waals surface area contributed by atoms with Crippen molar-refractivity contribution in [1.29, 1.82) is 0 Å². The fourth-order valence-electron chi connectivity index (χ4n) is 3.79. The fraction of sp³-hybridized carbons (Fsp3) is 1.00. The zero-order chi connectivity index (χ0) is 9.42. The average Bonchev–Trinajstić information content (AvgIpc) is 2.27. The minimum absolute atomic E-state index is 1.01. The van der Waals surface area contributed by atoms with E-state index in [9.17, 15) is 0 Å². The second-order valence-corrected chi connectivity index (χ2v) is 5.66. The van der Waals surface area contributed by atoms with Gasteiger partial charge in [-0.05, 0) is 29.6 Å². The highest BCUT2D eigenvalue weighted by atomic mass is 14.4. The Morgan fingerprint density at radius 1 is 0.923 bits per heavy atom. The van der Waals surface area contributed by atoms with Crippen LogP contribution in [0.3, 0.4) is 0 Å². The van der Waals surface area contributed by atoms with Crippen molar-refractivity contribution in [3.63, 3.8) is 0 Å². The summed E-state index contributed by atoms with van der Waals surface area (Å²) in [6, 6.07) is 0. The van der Waals surface area contributed by atoms with Gasteiger partial charge in [0, 0.05) is 0 Å². The molecule has 0 nitrogen and oxygen atoms in total. The minimum atomic E-state index is 1.01. The zero-order valence-corrected chi connectivity index (χ0v) is 9.42. The van der Waals surface area contributed by atoms with Crippen LogP contribution >= 0.6 is 0 Å². The summed E-state index contributed by atoms with van der Waals surface area (Å²) < 4.78 is 0. The Bertz CT molecular complexity index is 159. The third kappa shape index (κ3) is 1.65. The molecule has 0 N–H and O–H groups in total. The molecule has 0 aromatic heterocycles. The first kappa shape index (κ1) is 9.55. The molecule has 0 heteroatoms. The molecule has 0 bridgehead atoms. The monoisotopic (exact) mass is 180 g/mol. The Balaban J connectivity index is 1.96. The van der Waals surface area contributed by atoms with Crippen LogP contribution in [0.15, 0.2) is 0 Å². The van der Waals surface area contributed by atoms with Crippen LogP contribution in [-0.4, -0.2) is 0 Å². The number of rotatable bonds is 2.